The Bertz CT molecular complexity index is 65.5. The van der Waals surface area contributed by atoms with E-state index in [1.54, 1.807) is 0 Å². The fourth-order valence-electron chi connectivity index (χ4n) is 1.31. The number of hydrogen-bond donors (Lipinski definition) is 0. The lowest BCUT2D eigenvalue weighted by Gasteiger charge is -2.20. The van der Waals surface area contributed by atoms with Crippen molar-refractivity contribution in [1.82, 2.24) is 0 Å². The topological polar surface area (TPSA) is 9.23 Å². The molecule has 0 amide bonds. The first-order valence-corrected chi connectivity index (χ1v) is 6.24. The highest BCUT2D eigenvalue weighted by Crippen LogP contribution is 2.19. The van der Waals surface area contributed by atoms with E-state index < -0.39 is 9.04 Å². The molecule has 0 aromatic carbocycles. The first-order chi connectivity index (χ1) is 4.09. The third kappa shape index (κ3) is 3.18. The minimum absolute atomic E-state index is 0.798. The summed E-state index contributed by atoms with van der Waals surface area (Å²) in [5, 5.41) is 0. The van der Waals surface area contributed by atoms with Crippen molar-refractivity contribution < 1.29 is 4.12 Å². The molecule has 0 bridgehead atoms. The molecule has 0 aromatic rings. The third-order valence-corrected chi connectivity index (χ3v) is 6.39. The second-order valence-electron chi connectivity index (χ2n) is 3.19. The summed E-state index contributed by atoms with van der Waals surface area (Å²) in [6, 6.07) is 0. The van der Waals surface area contributed by atoms with Gasteiger partial charge in [0.05, 0.1) is 0 Å². The van der Waals surface area contributed by atoms with Crippen molar-refractivity contribution in [3.05, 3.63) is 0 Å². The van der Waals surface area contributed by atoms with Crippen molar-refractivity contribution >= 4 is 19.5 Å². The van der Waals surface area contributed by atoms with E-state index in [0.717, 1.165) is 21.6 Å². The number of rotatable bonds is 3. The molecule has 0 spiro atoms. The van der Waals surface area contributed by atoms with Crippen LogP contribution in [-0.2, 0) is 4.12 Å². The van der Waals surface area contributed by atoms with Crippen molar-refractivity contribution in [3.8, 4) is 0 Å². The van der Waals surface area contributed by atoms with Crippen LogP contribution in [0, 0.1) is 0 Å². The van der Waals surface area contributed by atoms with Gasteiger partial charge < -0.3 is 4.12 Å². The number of hydrogen-bond acceptors (Lipinski definition) is 1. The summed E-state index contributed by atoms with van der Waals surface area (Å²) >= 11 is 0. The molecule has 0 aromatic heterocycles. The Balaban J connectivity index is 3.68. The van der Waals surface area contributed by atoms with Gasteiger partial charge in [0.25, 0.3) is 0 Å². The molecule has 0 radical (unpaired) electrons. The van der Waals surface area contributed by atoms with Gasteiger partial charge in [0.2, 0.25) is 0 Å². The molecule has 0 heterocycles. The molecule has 9 heavy (non-hydrogen) atoms. The predicted molar refractivity (Wildman–Crippen MR) is 48.4 cm³/mol. The Hall–Kier alpha value is 0.394. The normalized spacial score (nSPS) is 12.3. The van der Waals surface area contributed by atoms with Gasteiger partial charge in [-0.25, -0.2) is 0 Å². The SMILES string of the molecule is CC(C)[SiH](O[SiH3])C(C)C. The lowest BCUT2D eigenvalue weighted by molar-refractivity contribution is 0.587. The van der Waals surface area contributed by atoms with Crippen LogP contribution in [0.2, 0.25) is 11.1 Å². The van der Waals surface area contributed by atoms with Crippen molar-refractivity contribution in [2.75, 3.05) is 0 Å². The van der Waals surface area contributed by atoms with Crippen LogP contribution in [0.5, 0.6) is 0 Å². The standard InChI is InChI=1S/C6H18OSi2/c1-5(2)9(7-8)6(3)4/h5-6,9H,1-4,8H3. The quantitative estimate of drug-likeness (QED) is 0.559. The van der Waals surface area contributed by atoms with Crippen molar-refractivity contribution in [2.24, 2.45) is 0 Å². The maximum absolute atomic E-state index is 5.55. The highest BCUT2D eigenvalue weighted by atomic mass is 28.3. The Morgan fingerprint density at radius 1 is 1.11 bits per heavy atom. The Kier molecular flexibility index (Phi) is 4.43. The van der Waals surface area contributed by atoms with Crippen LogP contribution < -0.4 is 0 Å². The second-order valence-corrected chi connectivity index (χ2v) is 8.67. The lowest BCUT2D eigenvalue weighted by atomic mass is 10.5. The Morgan fingerprint density at radius 3 is 1.44 bits per heavy atom. The molecule has 1 nitrogen and oxygen atoms in total. The molecule has 0 N–H and O–H groups in total. The maximum atomic E-state index is 5.55. The molecular weight excluding hydrogens is 144 g/mol. The Labute approximate surface area is 63.1 Å². The molecule has 0 aliphatic carbocycles. The van der Waals surface area contributed by atoms with Crippen LogP contribution in [0.4, 0.5) is 0 Å². The summed E-state index contributed by atoms with van der Waals surface area (Å²) in [5.74, 6) is 0. The van der Waals surface area contributed by atoms with E-state index in [4.69, 9.17) is 4.12 Å². The van der Waals surface area contributed by atoms with Crippen LogP contribution >= 0.6 is 0 Å². The second kappa shape index (κ2) is 4.25. The molecule has 0 rings (SSSR count). The smallest absolute Gasteiger partial charge is 0.167 e. The molecule has 0 saturated heterocycles. The van der Waals surface area contributed by atoms with Crippen molar-refractivity contribution in [2.45, 2.75) is 38.8 Å². The van der Waals surface area contributed by atoms with E-state index in [9.17, 15) is 0 Å². The molecular formula is C6H18OSi2. The van der Waals surface area contributed by atoms with Gasteiger partial charge in [0.1, 0.15) is 10.5 Å². The van der Waals surface area contributed by atoms with Crippen LogP contribution in [0.1, 0.15) is 27.7 Å². The summed E-state index contributed by atoms with van der Waals surface area (Å²) in [7, 11) is 0.132. The lowest BCUT2D eigenvalue weighted by Crippen LogP contribution is -2.24. The molecule has 0 atom stereocenters. The van der Waals surface area contributed by atoms with E-state index in [2.05, 4.69) is 27.7 Å². The van der Waals surface area contributed by atoms with Crippen LogP contribution in [-0.4, -0.2) is 19.5 Å². The van der Waals surface area contributed by atoms with Gasteiger partial charge in [0.15, 0.2) is 9.04 Å². The van der Waals surface area contributed by atoms with E-state index >= 15 is 0 Å². The van der Waals surface area contributed by atoms with Crippen LogP contribution in [0.3, 0.4) is 0 Å². The predicted octanol–water partition coefficient (Wildman–Crippen LogP) is 0.827. The molecule has 56 valence electrons. The van der Waals surface area contributed by atoms with Crippen LogP contribution in [0.25, 0.3) is 0 Å². The Morgan fingerprint density at radius 2 is 1.44 bits per heavy atom. The van der Waals surface area contributed by atoms with Gasteiger partial charge in [-0.3, -0.25) is 0 Å². The average molecular weight is 162 g/mol. The zero-order valence-corrected chi connectivity index (χ0v) is 10.3. The van der Waals surface area contributed by atoms with E-state index in [0.29, 0.717) is 0 Å². The summed E-state index contributed by atoms with van der Waals surface area (Å²) in [4.78, 5) is 0. The highest BCUT2D eigenvalue weighted by Gasteiger charge is 2.17. The summed E-state index contributed by atoms with van der Waals surface area (Å²) in [6.07, 6.45) is 0. The highest BCUT2D eigenvalue weighted by molar-refractivity contribution is 6.58. The first kappa shape index (κ1) is 9.39. The summed E-state index contributed by atoms with van der Waals surface area (Å²) < 4.78 is 5.55. The largest absolute Gasteiger partial charge is 0.465 e. The van der Waals surface area contributed by atoms with Gasteiger partial charge in [-0.05, 0) is 11.1 Å². The minimum atomic E-state index is -0.798. The molecule has 0 fully saturated rings. The zero-order valence-electron chi connectivity index (χ0n) is 7.14. The van der Waals surface area contributed by atoms with E-state index in [1.807, 2.05) is 0 Å². The van der Waals surface area contributed by atoms with Crippen molar-refractivity contribution in [3.63, 3.8) is 0 Å². The average Bonchev–Trinajstić information content (AvgIpc) is 1.64. The third-order valence-electron chi connectivity index (χ3n) is 1.59. The van der Waals surface area contributed by atoms with Crippen molar-refractivity contribution in [1.29, 1.82) is 0 Å². The summed E-state index contributed by atoms with van der Waals surface area (Å²) in [6.45, 7) is 9.09. The monoisotopic (exact) mass is 162 g/mol. The van der Waals surface area contributed by atoms with E-state index in [1.165, 1.54) is 0 Å². The maximum Gasteiger partial charge on any atom is 0.167 e. The fourth-order valence-corrected chi connectivity index (χ4v) is 7.21. The molecule has 3 heteroatoms. The van der Waals surface area contributed by atoms with Gasteiger partial charge in [-0.2, -0.15) is 0 Å². The van der Waals surface area contributed by atoms with Crippen LogP contribution in [0.15, 0.2) is 0 Å². The van der Waals surface area contributed by atoms with E-state index in [-0.39, 0.29) is 0 Å². The van der Waals surface area contributed by atoms with Gasteiger partial charge in [-0.1, -0.05) is 27.7 Å². The zero-order chi connectivity index (χ0) is 7.44. The summed E-state index contributed by atoms with van der Waals surface area (Å²) in [5.41, 5.74) is 1.62. The molecule has 0 saturated carbocycles. The molecule has 0 aliphatic rings. The molecule has 0 unspecified atom stereocenters. The van der Waals surface area contributed by atoms with Gasteiger partial charge in [-0.15, -0.1) is 0 Å². The first-order valence-electron chi connectivity index (χ1n) is 3.62. The van der Waals surface area contributed by atoms with Gasteiger partial charge >= 0.3 is 0 Å². The molecule has 0 aliphatic heterocycles. The fraction of sp³-hybridized carbons (Fsp3) is 1.00. The minimum Gasteiger partial charge on any atom is -0.465 e. The van der Waals surface area contributed by atoms with Gasteiger partial charge in [0, 0.05) is 0 Å².